The van der Waals surface area contributed by atoms with E-state index in [1.165, 1.54) is 6.20 Å². The van der Waals surface area contributed by atoms with E-state index in [4.69, 9.17) is 0 Å². The molecule has 0 aliphatic rings. The highest BCUT2D eigenvalue weighted by atomic mass is 32.2. The third-order valence-corrected chi connectivity index (χ3v) is 4.24. The molecule has 21 heavy (non-hydrogen) atoms. The molecule has 6 heteroatoms. The van der Waals surface area contributed by atoms with Crippen molar-refractivity contribution >= 4 is 21.5 Å². The number of nitrogens with zero attached hydrogens (tertiary/aromatic N) is 1. The van der Waals surface area contributed by atoms with E-state index in [-0.39, 0.29) is 4.90 Å². The number of sulfonamides is 1. The summed E-state index contributed by atoms with van der Waals surface area (Å²) >= 11 is 0. The Bertz CT molecular complexity index is 697. The maximum absolute atomic E-state index is 12.3. The largest absolute Gasteiger partial charge is 0.370 e. The van der Waals surface area contributed by atoms with Crippen LogP contribution in [-0.4, -0.2) is 19.9 Å². The summed E-state index contributed by atoms with van der Waals surface area (Å²) in [5, 5.41) is 3.10. The highest BCUT2D eigenvalue weighted by molar-refractivity contribution is 7.92. The van der Waals surface area contributed by atoms with Gasteiger partial charge in [0, 0.05) is 18.4 Å². The summed E-state index contributed by atoms with van der Waals surface area (Å²) in [4.78, 5) is 4.26. The SMILES string of the molecule is CCCNc1ccc(S(=O)(=O)Nc2cccc(C)c2)cn1. The number of hydrogen-bond donors (Lipinski definition) is 2. The molecule has 112 valence electrons. The molecule has 5 nitrogen and oxygen atoms in total. The Morgan fingerprint density at radius 2 is 2.00 bits per heavy atom. The summed E-state index contributed by atoms with van der Waals surface area (Å²) in [6.45, 7) is 4.77. The lowest BCUT2D eigenvalue weighted by Crippen LogP contribution is -2.13. The van der Waals surface area contributed by atoms with Crippen LogP contribution in [0.4, 0.5) is 11.5 Å². The van der Waals surface area contributed by atoms with Gasteiger partial charge in [-0.15, -0.1) is 0 Å². The summed E-state index contributed by atoms with van der Waals surface area (Å²) in [6, 6.07) is 10.4. The second kappa shape index (κ2) is 6.58. The Morgan fingerprint density at radius 1 is 1.19 bits per heavy atom. The minimum absolute atomic E-state index is 0.144. The van der Waals surface area contributed by atoms with Gasteiger partial charge in [0.15, 0.2) is 0 Å². The van der Waals surface area contributed by atoms with Crippen molar-refractivity contribution in [2.75, 3.05) is 16.6 Å². The molecule has 0 saturated heterocycles. The van der Waals surface area contributed by atoms with Gasteiger partial charge in [0.2, 0.25) is 0 Å². The first-order valence-electron chi connectivity index (χ1n) is 6.80. The molecule has 0 bridgehead atoms. The number of nitrogens with one attached hydrogen (secondary N) is 2. The van der Waals surface area contributed by atoms with Crippen LogP contribution in [0, 0.1) is 6.92 Å². The standard InChI is InChI=1S/C15H19N3O2S/c1-3-9-16-15-8-7-14(11-17-15)21(19,20)18-13-6-4-5-12(2)10-13/h4-8,10-11,18H,3,9H2,1-2H3,(H,16,17). The van der Waals surface area contributed by atoms with Crippen molar-refractivity contribution in [3.63, 3.8) is 0 Å². The third kappa shape index (κ3) is 4.19. The van der Waals surface area contributed by atoms with Crippen molar-refractivity contribution in [3.8, 4) is 0 Å². The molecule has 0 saturated carbocycles. The lowest BCUT2D eigenvalue weighted by atomic mass is 10.2. The Kier molecular flexibility index (Phi) is 4.80. The molecule has 0 amide bonds. The summed E-state index contributed by atoms with van der Waals surface area (Å²) in [6.07, 6.45) is 2.34. The molecule has 0 unspecified atom stereocenters. The van der Waals surface area contributed by atoms with E-state index < -0.39 is 10.0 Å². The summed E-state index contributed by atoms with van der Waals surface area (Å²) < 4.78 is 27.1. The van der Waals surface area contributed by atoms with Gasteiger partial charge in [0.25, 0.3) is 10.0 Å². The van der Waals surface area contributed by atoms with Crippen molar-refractivity contribution < 1.29 is 8.42 Å². The molecule has 1 aromatic heterocycles. The molecule has 0 spiro atoms. The van der Waals surface area contributed by atoms with Crippen LogP contribution in [0.5, 0.6) is 0 Å². The maximum atomic E-state index is 12.3. The van der Waals surface area contributed by atoms with Crippen molar-refractivity contribution in [1.29, 1.82) is 0 Å². The van der Waals surface area contributed by atoms with Crippen molar-refractivity contribution in [3.05, 3.63) is 48.2 Å². The first-order chi connectivity index (χ1) is 10.0. The zero-order chi connectivity index (χ0) is 15.3. The predicted molar refractivity (Wildman–Crippen MR) is 85.0 cm³/mol. The molecule has 1 aromatic carbocycles. The molecule has 0 fully saturated rings. The van der Waals surface area contributed by atoms with Crippen LogP contribution in [0.3, 0.4) is 0 Å². The summed E-state index contributed by atoms with van der Waals surface area (Å²) in [7, 11) is -3.61. The fraction of sp³-hybridized carbons (Fsp3) is 0.267. The monoisotopic (exact) mass is 305 g/mol. The van der Waals surface area contributed by atoms with Gasteiger partial charge in [0.05, 0.1) is 0 Å². The number of benzene rings is 1. The Morgan fingerprint density at radius 3 is 2.62 bits per heavy atom. The minimum atomic E-state index is -3.61. The van der Waals surface area contributed by atoms with Crippen LogP contribution in [0.2, 0.25) is 0 Å². The van der Waals surface area contributed by atoms with E-state index >= 15 is 0 Å². The van der Waals surface area contributed by atoms with Gasteiger partial charge < -0.3 is 5.32 Å². The molecule has 2 aromatic rings. The van der Waals surface area contributed by atoms with Gasteiger partial charge in [-0.1, -0.05) is 19.1 Å². The fourth-order valence-corrected chi connectivity index (χ4v) is 2.81. The van der Waals surface area contributed by atoms with Crippen LogP contribution in [0.1, 0.15) is 18.9 Å². The minimum Gasteiger partial charge on any atom is -0.370 e. The zero-order valence-electron chi connectivity index (χ0n) is 12.1. The molecular formula is C15H19N3O2S. The number of aryl methyl sites for hydroxylation is 1. The van der Waals surface area contributed by atoms with Gasteiger partial charge in [-0.25, -0.2) is 13.4 Å². The number of hydrogen-bond acceptors (Lipinski definition) is 4. The van der Waals surface area contributed by atoms with Crippen molar-refractivity contribution in [2.45, 2.75) is 25.2 Å². The number of anilines is 2. The molecule has 0 aliphatic heterocycles. The maximum Gasteiger partial charge on any atom is 0.263 e. The quantitative estimate of drug-likeness (QED) is 0.860. The third-order valence-electron chi connectivity index (χ3n) is 2.87. The van der Waals surface area contributed by atoms with E-state index in [1.54, 1.807) is 24.3 Å². The first kappa shape index (κ1) is 15.3. The van der Waals surface area contributed by atoms with Crippen molar-refractivity contribution in [2.24, 2.45) is 0 Å². The molecule has 0 aliphatic carbocycles. The molecule has 2 rings (SSSR count). The number of rotatable bonds is 6. The van der Waals surface area contributed by atoms with E-state index in [9.17, 15) is 8.42 Å². The van der Waals surface area contributed by atoms with Gasteiger partial charge in [-0.05, 0) is 43.2 Å². The number of pyridine rings is 1. The van der Waals surface area contributed by atoms with E-state index in [2.05, 4.69) is 21.9 Å². The molecule has 1 heterocycles. The number of aromatic nitrogens is 1. The smallest absolute Gasteiger partial charge is 0.263 e. The molecule has 2 N–H and O–H groups in total. The summed E-state index contributed by atoms with van der Waals surface area (Å²) in [5.74, 6) is 0.673. The Balaban J connectivity index is 2.15. The van der Waals surface area contributed by atoms with Gasteiger partial charge in [-0.3, -0.25) is 4.72 Å². The van der Waals surface area contributed by atoms with E-state index in [0.717, 1.165) is 18.5 Å². The van der Waals surface area contributed by atoms with E-state index in [0.29, 0.717) is 11.5 Å². The molecular weight excluding hydrogens is 286 g/mol. The second-order valence-electron chi connectivity index (χ2n) is 4.78. The summed E-state index contributed by atoms with van der Waals surface area (Å²) in [5.41, 5.74) is 1.54. The second-order valence-corrected chi connectivity index (χ2v) is 6.46. The highest BCUT2D eigenvalue weighted by Crippen LogP contribution is 2.17. The van der Waals surface area contributed by atoms with Gasteiger partial charge >= 0.3 is 0 Å². The Hall–Kier alpha value is -2.08. The van der Waals surface area contributed by atoms with E-state index in [1.807, 2.05) is 19.1 Å². The first-order valence-corrected chi connectivity index (χ1v) is 8.29. The Labute approximate surface area is 125 Å². The van der Waals surface area contributed by atoms with Crippen LogP contribution in [0.15, 0.2) is 47.5 Å². The van der Waals surface area contributed by atoms with Crippen LogP contribution < -0.4 is 10.0 Å². The van der Waals surface area contributed by atoms with Crippen LogP contribution >= 0.6 is 0 Å². The predicted octanol–water partition coefficient (Wildman–Crippen LogP) is 3.01. The van der Waals surface area contributed by atoms with Crippen molar-refractivity contribution in [1.82, 2.24) is 4.98 Å². The van der Waals surface area contributed by atoms with Gasteiger partial charge in [-0.2, -0.15) is 0 Å². The normalized spacial score (nSPS) is 11.1. The lowest BCUT2D eigenvalue weighted by Gasteiger charge is -2.09. The fourth-order valence-electron chi connectivity index (χ4n) is 1.82. The average molecular weight is 305 g/mol. The molecule has 0 radical (unpaired) electrons. The lowest BCUT2D eigenvalue weighted by molar-refractivity contribution is 0.601. The highest BCUT2D eigenvalue weighted by Gasteiger charge is 2.14. The topological polar surface area (TPSA) is 71.1 Å². The van der Waals surface area contributed by atoms with Gasteiger partial charge in [0.1, 0.15) is 10.7 Å². The van der Waals surface area contributed by atoms with Crippen LogP contribution in [0.25, 0.3) is 0 Å². The molecule has 0 atom stereocenters. The zero-order valence-corrected chi connectivity index (χ0v) is 12.9. The van der Waals surface area contributed by atoms with Crippen LogP contribution in [-0.2, 0) is 10.0 Å². The average Bonchev–Trinajstić information content (AvgIpc) is 2.45.